The maximum absolute atomic E-state index is 13.7. The normalized spacial score (nSPS) is 11.2. The third-order valence-corrected chi connectivity index (χ3v) is 5.37. The van der Waals surface area contributed by atoms with Crippen molar-refractivity contribution in [2.75, 3.05) is 12.4 Å². The molecule has 0 spiro atoms. The zero-order valence-corrected chi connectivity index (χ0v) is 17.5. The standard InChI is InChI=1S/C21H14Cl2F2N4O2/c1-31-12-7-5-11(6-8-12)16-9-17(19(24)25)29-20(27-16)13(10-26-29)21(30)28-15-4-2-3-14(22)18(15)23/h2-10,19H,1H3,(H,28,30). The average molecular weight is 463 g/mol. The van der Waals surface area contributed by atoms with E-state index in [4.69, 9.17) is 27.9 Å². The number of carbonyl (C=O) groups is 1. The average Bonchev–Trinajstić information content (AvgIpc) is 3.20. The molecule has 1 amide bonds. The number of anilines is 1. The van der Waals surface area contributed by atoms with E-state index >= 15 is 0 Å². The molecule has 0 aliphatic rings. The number of nitrogens with one attached hydrogen (secondary N) is 1. The molecule has 158 valence electrons. The van der Waals surface area contributed by atoms with Crippen molar-refractivity contribution in [2.24, 2.45) is 0 Å². The van der Waals surface area contributed by atoms with Gasteiger partial charge in [-0.15, -0.1) is 0 Å². The van der Waals surface area contributed by atoms with Gasteiger partial charge in [0.2, 0.25) is 0 Å². The van der Waals surface area contributed by atoms with E-state index in [0.717, 1.165) is 4.52 Å². The minimum absolute atomic E-state index is 0.00769. The van der Waals surface area contributed by atoms with Crippen LogP contribution in [0.15, 0.2) is 54.7 Å². The topological polar surface area (TPSA) is 68.5 Å². The molecule has 2 aromatic carbocycles. The highest BCUT2D eigenvalue weighted by atomic mass is 35.5. The van der Waals surface area contributed by atoms with Gasteiger partial charge in [-0.3, -0.25) is 4.79 Å². The molecule has 6 nitrogen and oxygen atoms in total. The van der Waals surface area contributed by atoms with Gasteiger partial charge in [-0.2, -0.15) is 5.10 Å². The molecule has 0 saturated heterocycles. The molecule has 1 N–H and O–H groups in total. The number of rotatable bonds is 5. The van der Waals surface area contributed by atoms with Gasteiger partial charge in [0, 0.05) is 5.56 Å². The van der Waals surface area contributed by atoms with Crippen LogP contribution in [-0.2, 0) is 0 Å². The third-order valence-electron chi connectivity index (χ3n) is 4.55. The number of ether oxygens (including phenoxy) is 1. The van der Waals surface area contributed by atoms with Crippen LogP contribution in [0.2, 0.25) is 10.0 Å². The summed E-state index contributed by atoms with van der Waals surface area (Å²) in [6, 6.07) is 12.8. The molecule has 0 aliphatic carbocycles. The van der Waals surface area contributed by atoms with Crippen molar-refractivity contribution in [3.63, 3.8) is 0 Å². The third kappa shape index (κ3) is 4.04. The summed E-state index contributed by atoms with van der Waals surface area (Å²) < 4.78 is 33.5. The Morgan fingerprint density at radius 3 is 2.58 bits per heavy atom. The molecule has 0 fully saturated rings. The number of methoxy groups -OCH3 is 1. The van der Waals surface area contributed by atoms with E-state index in [9.17, 15) is 13.6 Å². The first-order chi connectivity index (χ1) is 14.9. The van der Waals surface area contributed by atoms with E-state index in [2.05, 4.69) is 15.4 Å². The molecule has 4 aromatic rings. The molecule has 2 aromatic heterocycles. The Bertz CT molecular complexity index is 1280. The molecule has 0 radical (unpaired) electrons. The van der Waals surface area contributed by atoms with Crippen molar-refractivity contribution in [3.05, 3.63) is 76.0 Å². The fourth-order valence-corrected chi connectivity index (χ4v) is 3.35. The lowest BCUT2D eigenvalue weighted by Crippen LogP contribution is -2.13. The van der Waals surface area contributed by atoms with Crippen molar-refractivity contribution < 1.29 is 18.3 Å². The fourth-order valence-electron chi connectivity index (χ4n) is 3.00. The zero-order valence-electron chi connectivity index (χ0n) is 15.9. The van der Waals surface area contributed by atoms with Crippen LogP contribution in [0.5, 0.6) is 5.75 Å². The second-order valence-electron chi connectivity index (χ2n) is 6.44. The van der Waals surface area contributed by atoms with Crippen molar-refractivity contribution in [2.45, 2.75) is 6.43 Å². The number of amides is 1. The summed E-state index contributed by atoms with van der Waals surface area (Å²) in [7, 11) is 1.53. The summed E-state index contributed by atoms with van der Waals surface area (Å²) in [6.07, 6.45) is -1.65. The van der Waals surface area contributed by atoms with Gasteiger partial charge in [0.25, 0.3) is 12.3 Å². The van der Waals surface area contributed by atoms with Crippen LogP contribution >= 0.6 is 23.2 Å². The summed E-state index contributed by atoms with van der Waals surface area (Å²) >= 11 is 12.1. The largest absolute Gasteiger partial charge is 0.497 e. The number of alkyl halides is 2. The predicted octanol–water partition coefficient (Wildman–Crippen LogP) is 5.90. The Balaban J connectivity index is 1.80. The van der Waals surface area contributed by atoms with Crippen LogP contribution < -0.4 is 10.1 Å². The first-order valence-electron chi connectivity index (χ1n) is 8.95. The summed E-state index contributed by atoms with van der Waals surface area (Å²) in [5, 5.41) is 6.98. The van der Waals surface area contributed by atoms with Crippen LogP contribution in [0, 0.1) is 0 Å². The molecule has 0 aliphatic heterocycles. The highest BCUT2D eigenvalue weighted by Crippen LogP contribution is 2.31. The lowest BCUT2D eigenvalue weighted by Gasteiger charge is -2.10. The Morgan fingerprint density at radius 2 is 1.90 bits per heavy atom. The molecular formula is C21H14Cl2F2N4O2. The summed E-state index contributed by atoms with van der Waals surface area (Å²) in [6.45, 7) is 0. The molecule has 4 rings (SSSR count). The van der Waals surface area contributed by atoms with Gasteiger partial charge < -0.3 is 10.1 Å². The maximum Gasteiger partial charge on any atom is 0.280 e. The van der Waals surface area contributed by atoms with Crippen LogP contribution in [0.3, 0.4) is 0 Å². The number of halogens is 4. The van der Waals surface area contributed by atoms with Gasteiger partial charge in [-0.25, -0.2) is 18.3 Å². The van der Waals surface area contributed by atoms with Gasteiger partial charge >= 0.3 is 0 Å². The molecule has 2 heterocycles. The van der Waals surface area contributed by atoms with E-state index < -0.39 is 18.0 Å². The second-order valence-corrected chi connectivity index (χ2v) is 7.23. The molecule has 0 atom stereocenters. The van der Waals surface area contributed by atoms with E-state index in [-0.39, 0.29) is 32.6 Å². The number of aromatic nitrogens is 3. The van der Waals surface area contributed by atoms with E-state index in [1.54, 1.807) is 42.5 Å². The van der Waals surface area contributed by atoms with Crippen molar-refractivity contribution in [1.29, 1.82) is 0 Å². The minimum atomic E-state index is -2.83. The quantitative estimate of drug-likeness (QED) is 0.400. The smallest absolute Gasteiger partial charge is 0.280 e. The number of nitrogens with zero attached hydrogens (tertiary/aromatic N) is 3. The Morgan fingerprint density at radius 1 is 1.16 bits per heavy atom. The number of hydrogen-bond donors (Lipinski definition) is 1. The molecular weight excluding hydrogens is 449 g/mol. The van der Waals surface area contributed by atoms with Gasteiger partial charge in [-0.1, -0.05) is 29.3 Å². The Labute approximate surface area is 185 Å². The van der Waals surface area contributed by atoms with Crippen molar-refractivity contribution >= 4 is 40.4 Å². The van der Waals surface area contributed by atoms with Crippen LogP contribution in [-0.4, -0.2) is 27.6 Å². The minimum Gasteiger partial charge on any atom is -0.497 e. The summed E-state index contributed by atoms with van der Waals surface area (Å²) in [5.41, 5.74) is 0.721. The van der Waals surface area contributed by atoms with Crippen LogP contribution in [0.25, 0.3) is 16.9 Å². The summed E-state index contributed by atoms with van der Waals surface area (Å²) in [4.78, 5) is 17.3. The zero-order chi connectivity index (χ0) is 22.1. The lowest BCUT2D eigenvalue weighted by atomic mass is 10.1. The first-order valence-corrected chi connectivity index (χ1v) is 9.71. The van der Waals surface area contributed by atoms with Gasteiger partial charge in [0.15, 0.2) is 5.65 Å². The molecule has 0 bridgehead atoms. The monoisotopic (exact) mass is 462 g/mol. The Hall–Kier alpha value is -3.23. The van der Waals surface area contributed by atoms with Gasteiger partial charge in [0.05, 0.1) is 34.7 Å². The molecule has 31 heavy (non-hydrogen) atoms. The number of hydrogen-bond acceptors (Lipinski definition) is 4. The van der Waals surface area contributed by atoms with E-state index in [1.165, 1.54) is 19.4 Å². The summed E-state index contributed by atoms with van der Waals surface area (Å²) in [5.74, 6) is 0.000459. The van der Waals surface area contributed by atoms with Crippen LogP contribution in [0.4, 0.5) is 14.5 Å². The lowest BCUT2D eigenvalue weighted by molar-refractivity contribution is 0.102. The number of carbonyl (C=O) groups excluding carboxylic acids is 1. The first kappa shape index (κ1) is 21.0. The van der Waals surface area contributed by atoms with Crippen molar-refractivity contribution in [3.8, 4) is 17.0 Å². The highest BCUT2D eigenvalue weighted by molar-refractivity contribution is 6.44. The molecule has 0 unspecified atom stereocenters. The molecule has 10 heteroatoms. The number of fused-ring (bicyclic) bond motifs is 1. The van der Waals surface area contributed by atoms with E-state index in [0.29, 0.717) is 11.3 Å². The number of benzene rings is 2. The van der Waals surface area contributed by atoms with Crippen molar-refractivity contribution in [1.82, 2.24) is 14.6 Å². The fraction of sp³-hybridized carbons (Fsp3) is 0.0952. The van der Waals surface area contributed by atoms with Gasteiger partial charge in [0.1, 0.15) is 17.0 Å². The van der Waals surface area contributed by atoms with Crippen LogP contribution in [0.1, 0.15) is 22.5 Å². The maximum atomic E-state index is 13.7. The Kier molecular flexibility index (Phi) is 5.75. The van der Waals surface area contributed by atoms with E-state index in [1.807, 2.05) is 0 Å². The van der Waals surface area contributed by atoms with Gasteiger partial charge in [-0.05, 0) is 42.5 Å². The highest BCUT2D eigenvalue weighted by Gasteiger charge is 2.22. The second kappa shape index (κ2) is 8.49. The SMILES string of the molecule is COc1ccc(-c2cc(C(F)F)n3ncc(C(=O)Nc4cccc(Cl)c4Cl)c3n2)cc1. The molecule has 0 saturated carbocycles. The predicted molar refractivity (Wildman–Crippen MR) is 114 cm³/mol.